The molecule has 0 N–H and O–H groups in total. The van der Waals surface area contributed by atoms with Crippen molar-refractivity contribution in [2.45, 2.75) is 0 Å². The molecular formula is C14H9BrClFO2. The molecule has 19 heavy (non-hydrogen) atoms. The molecule has 0 atom stereocenters. The van der Waals surface area contributed by atoms with E-state index in [9.17, 15) is 9.18 Å². The minimum absolute atomic E-state index is 0.0571. The van der Waals surface area contributed by atoms with Crippen molar-refractivity contribution in [2.75, 3.05) is 7.11 Å². The maximum atomic E-state index is 13.8. The van der Waals surface area contributed by atoms with Gasteiger partial charge in [-0.15, -0.1) is 0 Å². The fourth-order valence-electron chi connectivity index (χ4n) is 1.63. The summed E-state index contributed by atoms with van der Waals surface area (Å²) in [6.45, 7) is 0. The second kappa shape index (κ2) is 5.72. The number of rotatable bonds is 3. The van der Waals surface area contributed by atoms with Gasteiger partial charge in [0, 0.05) is 10.0 Å². The molecule has 5 heteroatoms. The third-order valence-corrected chi connectivity index (χ3v) is 3.57. The Morgan fingerprint density at radius 1 is 1.26 bits per heavy atom. The minimum Gasteiger partial charge on any atom is -0.497 e. The summed E-state index contributed by atoms with van der Waals surface area (Å²) in [5, 5.41) is -0.0736. The van der Waals surface area contributed by atoms with E-state index in [1.165, 1.54) is 25.3 Å². The van der Waals surface area contributed by atoms with Gasteiger partial charge in [-0.25, -0.2) is 4.39 Å². The van der Waals surface area contributed by atoms with Crippen LogP contribution in [0.15, 0.2) is 40.9 Å². The molecule has 0 unspecified atom stereocenters. The molecule has 2 rings (SSSR count). The standard InChI is InChI=1S/C14H9BrClFO2/c1-19-8-5-6-9(11(15)7-8)14(18)10-3-2-4-12(16)13(10)17/h2-7H,1H3. The molecule has 0 aromatic heterocycles. The molecule has 0 radical (unpaired) electrons. The maximum Gasteiger partial charge on any atom is 0.197 e. The molecule has 2 aromatic carbocycles. The molecule has 0 amide bonds. The second-order valence-electron chi connectivity index (χ2n) is 3.78. The molecule has 0 spiro atoms. The van der Waals surface area contributed by atoms with E-state index >= 15 is 0 Å². The predicted molar refractivity (Wildman–Crippen MR) is 75.5 cm³/mol. The average Bonchev–Trinajstić information content (AvgIpc) is 2.41. The first kappa shape index (κ1) is 14.0. The van der Waals surface area contributed by atoms with Crippen molar-refractivity contribution in [1.29, 1.82) is 0 Å². The molecule has 0 saturated heterocycles. The van der Waals surface area contributed by atoms with Crippen LogP contribution < -0.4 is 4.74 Å². The quantitative estimate of drug-likeness (QED) is 0.768. The first-order chi connectivity index (χ1) is 9.04. The minimum atomic E-state index is -0.711. The Bertz CT molecular complexity index is 643. The van der Waals surface area contributed by atoms with E-state index in [4.69, 9.17) is 16.3 Å². The smallest absolute Gasteiger partial charge is 0.197 e. The van der Waals surface area contributed by atoms with Crippen LogP contribution in [0, 0.1) is 5.82 Å². The Morgan fingerprint density at radius 2 is 2.00 bits per heavy atom. The summed E-state index contributed by atoms with van der Waals surface area (Å²) in [5.74, 6) is -0.540. The normalized spacial score (nSPS) is 10.3. The molecule has 2 nitrogen and oxygen atoms in total. The van der Waals surface area contributed by atoms with Crippen molar-refractivity contribution in [1.82, 2.24) is 0 Å². The van der Waals surface area contributed by atoms with Crippen molar-refractivity contribution < 1.29 is 13.9 Å². The number of carbonyl (C=O) groups is 1. The fraction of sp³-hybridized carbons (Fsp3) is 0.0714. The number of halogens is 3. The van der Waals surface area contributed by atoms with Crippen LogP contribution in [-0.4, -0.2) is 12.9 Å². The Labute approximate surface area is 123 Å². The lowest BCUT2D eigenvalue weighted by molar-refractivity contribution is 0.103. The number of ether oxygens (including phenoxy) is 1. The van der Waals surface area contributed by atoms with Crippen LogP contribution in [0.3, 0.4) is 0 Å². The van der Waals surface area contributed by atoms with Crippen LogP contribution in [0.4, 0.5) is 4.39 Å². The summed E-state index contributed by atoms with van der Waals surface area (Å²) in [7, 11) is 1.53. The number of methoxy groups -OCH3 is 1. The molecule has 0 bridgehead atoms. The van der Waals surface area contributed by atoms with E-state index in [0.717, 1.165) is 0 Å². The number of hydrogen-bond acceptors (Lipinski definition) is 2. The molecule has 0 saturated carbocycles. The third-order valence-electron chi connectivity index (χ3n) is 2.62. The summed E-state index contributed by atoms with van der Waals surface area (Å²) in [4.78, 5) is 12.3. The Balaban J connectivity index is 2.47. The Kier molecular flexibility index (Phi) is 4.22. The van der Waals surface area contributed by atoms with Gasteiger partial charge in [0.2, 0.25) is 0 Å². The topological polar surface area (TPSA) is 26.3 Å². The van der Waals surface area contributed by atoms with Crippen molar-refractivity contribution in [3.05, 3.63) is 62.8 Å². The predicted octanol–water partition coefficient (Wildman–Crippen LogP) is 4.48. The van der Waals surface area contributed by atoms with Crippen LogP contribution in [-0.2, 0) is 0 Å². The number of benzene rings is 2. The van der Waals surface area contributed by atoms with Gasteiger partial charge in [-0.2, -0.15) is 0 Å². The van der Waals surface area contributed by atoms with Crippen molar-refractivity contribution in [3.8, 4) is 5.75 Å². The highest BCUT2D eigenvalue weighted by atomic mass is 79.9. The summed E-state index contributed by atoms with van der Waals surface area (Å²) < 4.78 is 19.4. The van der Waals surface area contributed by atoms with Gasteiger partial charge in [-0.1, -0.05) is 17.7 Å². The van der Waals surface area contributed by atoms with Gasteiger partial charge in [-0.05, 0) is 46.3 Å². The number of ketones is 1. The average molecular weight is 344 g/mol. The van der Waals surface area contributed by atoms with Gasteiger partial charge in [0.05, 0.1) is 17.7 Å². The highest BCUT2D eigenvalue weighted by Crippen LogP contribution is 2.27. The molecule has 0 heterocycles. The first-order valence-electron chi connectivity index (χ1n) is 5.37. The maximum absolute atomic E-state index is 13.8. The number of carbonyl (C=O) groups excluding carboxylic acids is 1. The largest absolute Gasteiger partial charge is 0.497 e. The van der Waals surface area contributed by atoms with Crippen LogP contribution in [0.5, 0.6) is 5.75 Å². The van der Waals surface area contributed by atoms with E-state index in [-0.39, 0.29) is 10.6 Å². The van der Waals surface area contributed by atoms with Crippen LogP contribution in [0.1, 0.15) is 15.9 Å². The summed E-state index contributed by atoms with van der Waals surface area (Å²) in [5.41, 5.74) is 0.292. The molecule has 0 aliphatic heterocycles. The van der Waals surface area contributed by atoms with E-state index in [1.807, 2.05) is 0 Å². The summed E-state index contributed by atoms with van der Waals surface area (Å²) in [6.07, 6.45) is 0. The van der Waals surface area contributed by atoms with E-state index in [0.29, 0.717) is 15.8 Å². The zero-order valence-electron chi connectivity index (χ0n) is 9.91. The lowest BCUT2D eigenvalue weighted by Gasteiger charge is -2.07. The molecule has 0 aliphatic carbocycles. The van der Waals surface area contributed by atoms with Crippen molar-refractivity contribution in [3.63, 3.8) is 0 Å². The van der Waals surface area contributed by atoms with E-state index in [1.54, 1.807) is 18.2 Å². The van der Waals surface area contributed by atoms with Crippen LogP contribution >= 0.6 is 27.5 Å². The van der Waals surface area contributed by atoms with Crippen LogP contribution in [0.2, 0.25) is 5.02 Å². The van der Waals surface area contributed by atoms with E-state index < -0.39 is 11.6 Å². The Morgan fingerprint density at radius 3 is 2.63 bits per heavy atom. The zero-order valence-corrected chi connectivity index (χ0v) is 12.3. The van der Waals surface area contributed by atoms with Gasteiger partial charge in [0.1, 0.15) is 5.75 Å². The van der Waals surface area contributed by atoms with Crippen molar-refractivity contribution >= 4 is 33.3 Å². The summed E-state index contributed by atoms with van der Waals surface area (Å²) in [6, 6.07) is 9.20. The van der Waals surface area contributed by atoms with Gasteiger partial charge in [0.15, 0.2) is 11.6 Å². The second-order valence-corrected chi connectivity index (χ2v) is 5.04. The van der Waals surface area contributed by atoms with Gasteiger partial charge < -0.3 is 4.74 Å². The summed E-state index contributed by atoms with van der Waals surface area (Å²) >= 11 is 8.95. The monoisotopic (exact) mass is 342 g/mol. The lowest BCUT2D eigenvalue weighted by Crippen LogP contribution is -2.05. The van der Waals surface area contributed by atoms with Gasteiger partial charge in [-0.3, -0.25) is 4.79 Å². The van der Waals surface area contributed by atoms with Crippen molar-refractivity contribution in [2.24, 2.45) is 0 Å². The van der Waals surface area contributed by atoms with Crippen LogP contribution in [0.25, 0.3) is 0 Å². The Hall–Kier alpha value is -1.39. The van der Waals surface area contributed by atoms with E-state index in [2.05, 4.69) is 15.9 Å². The third kappa shape index (κ3) is 2.80. The first-order valence-corrected chi connectivity index (χ1v) is 6.54. The van der Waals surface area contributed by atoms with Gasteiger partial charge >= 0.3 is 0 Å². The highest BCUT2D eigenvalue weighted by molar-refractivity contribution is 9.10. The van der Waals surface area contributed by atoms with Gasteiger partial charge in [0.25, 0.3) is 0 Å². The molecule has 98 valence electrons. The highest BCUT2D eigenvalue weighted by Gasteiger charge is 2.18. The molecular weight excluding hydrogens is 335 g/mol. The zero-order chi connectivity index (χ0) is 14.0. The molecule has 2 aromatic rings. The molecule has 0 fully saturated rings. The lowest BCUT2D eigenvalue weighted by atomic mass is 10.0. The fourth-order valence-corrected chi connectivity index (χ4v) is 2.34. The number of hydrogen-bond donors (Lipinski definition) is 0. The SMILES string of the molecule is COc1ccc(C(=O)c2cccc(Cl)c2F)c(Br)c1. The molecule has 0 aliphatic rings.